The average molecular weight is 252 g/mol. The molecule has 0 aliphatic rings. The second-order valence-electron chi connectivity index (χ2n) is 3.45. The highest BCUT2D eigenvalue weighted by Gasteiger charge is 2.26. The van der Waals surface area contributed by atoms with Gasteiger partial charge in [0, 0.05) is 5.56 Å². The Morgan fingerprint density at radius 2 is 2.06 bits per heavy atom. The first-order chi connectivity index (χ1) is 8.69. The molecule has 0 aliphatic heterocycles. The minimum Gasteiger partial charge on any atom is -0.493 e. The summed E-state index contributed by atoms with van der Waals surface area (Å²) in [6.07, 6.45) is 0.537. The maximum atomic E-state index is 11.7. The summed E-state index contributed by atoms with van der Waals surface area (Å²) in [7, 11) is 2.94. The molecule has 1 rings (SSSR count). The van der Waals surface area contributed by atoms with E-state index < -0.39 is 11.9 Å². The summed E-state index contributed by atoms with van der Waals surface area (Å²) in [6, 6.07) is 5.01. The Kier molecular flexibility index (Phi) is 5.17. The van der Waals surface area contributed by atoms with E-state index in [-0.39, 0.29) is 6.61 Å². The summed E-state index contributed by atoms with van der Waals surface area (Å²) < 4.78 is 15.2. The number of aldehydes is 1. The number of esters is 1. The van der Waals surface area contributed by atoms with Gasteiger partial charge in [0.2, 0.25) is 0 Å². The SMILES string of the molecule is CCOC(=O)C(C=O)c1cccc(OC)c1OC. The molecule has 0 aromatic heterocycles. The van der Waals surface area contributed by atoms with E-state index in [2.05, 4.69) is 0 Å². The maximum Gasteiger partial charge on any atom is 0.320 e. The molecule has 0 fully saturated rings. The number of carbonyl (C=O) groups excluding carboxylic acids is 2. The molecule has 5 heteroatoms. The minimum absolute atomic E-state index is 0.218. The zero-order valence-corrected chi connectivity index (χ0v) is 10.6. The van der Waals surface area contributed by atoms with E-state index in [1.165, 1.54) is 14.2 Å². The number of ether oxygens (including phenoxy) is 3. The average Bonchev–Trinajstić information content (AvgIpc) is 2.39. The van der Waals surface area contributed by atoms with Crippen LogP contribution in [0.5, 0.6) is 11.5 Å². The lowest BCUT2D eigenvalue weighted by molar-refractivity contribution is -0.146. The fraction of sp³-hybridized carbons (Fsp3) is 0.385. The molecule has 1 aromatic carbocycles. The van der Waals surface area contributed by atoms with Crippen molar-refractivity contribution >= 4 is 12.3 Å². The molecule has 0 bridgehead atoms. The Labute approximate surface area is 106 Å². The number of hydrogen-bond donors (Lipinski definition) is 0. The molecule has 0 heterocycles. The van der Waals surface area contributed by atoms with E-state index in [4.69, 9.17) is 14.2 Å². The van der Waals surface area contributed by atoms with Gasteiger partial charge in [-0.25, -0.2) is 0 Å². The zero-order valence-electron chi connectivity index (χ0n) is 10.6. The molecule has 0 radical (unpaired) electrons. The van der Waals surface area contributed by atoms with Crippen LogP contribution in [0.25, 0.3) is 0 Å². The van der Waals surface area contributed by atoms with E-state index in [0.29, 0.717) is 23.3 Å². The largest absolute Gasteiger partial charge is 0.493 e. The lowest BCUT2D eigenvalue weighted by atomic mass is 9.99. The maximum absolute atomic E-state index is 11.7. The topological polar surface area (TPSA) is 61.8 Å². The van der Waals surface area contributed by atoms with E-state index in [1.807, 2.05) is 0 Å². The van der Waals surface area contributed by atoms with Crippen LogP contribution in [0.15, 0.2) is 18.2 Å². The summed E-state index contributed by atoms with van der Waals surface area (Å²) in [5.74, 6) is -0.773. The van der Waals surface area contributed by atoms with Gasteiger partial charge in [0.25, 0.3) is 0 Å². The molecule has 0 saturated heterocycles. The van der Waals surface area contributed by atoms with E-state index in [1.54, 1.807) is 25.1 Å². The van der Waals surface area contributed by atoms with Gasteiger partial charge in [-0.15, -0.1) is 0 Å². The van der Waals surface area contributed by atoms with Crippen LogP contribution in [0.2, 0.25) is 0 Å². The third kappa shape index (κ3) is 2.80. The molecule has 0 N–H and O–H groups in total. The molecule has 0 saturated carbocycles. The lowest BCUT2D eigenvalue weighted by Gasteiger charge is -2.15. The Morgan fingerprint density at radius 3 is 2.56 bits per heavy atom. The van der Waals surface area contributed by atoms with Gasteiger partial charge in [-0.05, 0) is 13.0 Å². The quantitative estimate of drug-likeness (QED) is 0.436. The monoisotopic (exact) mass is 252 g/mol. The predicted molar refractivity (Wildman–Crippen MR) is 65.0 cm³/mol. The van der Waals surface area contributed by atoms with Gasteiger partial charge in [0.1, 0.15) is 12.2 Å². The Morgan fingerprint density at radius 1 is 1.33 bits per heavy atom. The van der Waals surface area contributed by atoms with Gasteiger partial charge in [0.15, 0.2) is 11.5 Å². The summed E-state index contributed by atoms with van der Waals surface area (Å²) in [4.78, 5) is 22.8. The highest BCUT2D eigenvalue weighted by atomic mass is 16.5. The smallest absolute Gasteiger partial charge is 0.320 e. The van der Waals surface area contributed by atoms with Crippen molar-refractivity contribution in [2.75, 3.05) is 20.8 Å². The normalized spacial score (nSPS) is 11.5. The molecular formula is C13H16O5. The summed E-state index contributed by atoms with van der Waals surface area (Å²) in [5, 5.41) is 0. The first-order valence-electron chi connectivity index (χ1n) is 5.52. The van der Waals surface area contributed by atoms with Crippen LogP contribution in [0.1, 0.15) is 18.4 Å². The number of hydrogen-bond acceptors (Lipinski definition) is 5. The number of carbonyl (C=O) groups is 2. The fourth-order valence-corrected chi connectivity index (χ4v) is 1.64. The summed E-state index contributed by atoms with van der Waals surface area (Å²) >= 11 is 0. The van der Waals surface area contributed by atoms with Crippen molar-refractivity contribution in [3.05, 3.63) is 23.8 Å². The number of methoxy groups -OCH3 is 2. The van der Waals surface area contributed by atoms with Gasteiger partial charge in [-0.1, -0.05) is 12.1 Å². The van der Waals surface area contributed by atoms with E-state index in [0.717, 1.165) is 0 Å². The molecule has 0 amide bonds. The third-order valence-electron chi connectivity index (χ3n) is 2.45. The standard InChI is InChI=1S/C13H16O5/c1-4-18-13(15)10(8-14)9-6-5-7-11(16-2)12(9)17-3/h5-8,10H,4H2,1-3H3. The van der Waals surface area contributed by atoms with Crippen molar-refractivity contribution in [1.82, 2.24) is 0 Å². The second-order valence-corrected chi connectivity index (χ2v) is 3.45. The summed E-state index contributed by atoms with van der Waals surface area (Å²) in [5.41, 5.74) is 0.435. The van der Waals surface area contributed by atoms with Gasteiger partial charge in [-0.2, -0.15) is 0 Å². The molecule has 18 heavy (non-hydrogen) atoms. The van der Waals surface area contributed by atoms with Crippen LogP contribution in [0, 0.1) is 0 Å². The van der Waals surface area contributed by atoms with Crippen LogP contribution in [-0.2, 0) is 14.3 Å². The van der Waals surface area contributed by atoms with Crippen molar-refractivity contribution in [1.29, 1.82) is 0 Å². The van der Waals surface area contributed by atoms with Crippen LogP contribution in [0.3, 0.4) is 0 Å². The van der Waals surface area contributed by atoms with E-state index in [9.17, 15) is 9.59 Å². The predicted octanol–water partition coefficient (Wildman–Crippen LogP) is 1.55. The highest BCUT2D eigenvalue weighted by Crippen LogP contribution is 2.35. The molecule has 98 valence electrons. The molecule has 1 atom stereocenters. The first-order valence-corrected chi connectivity index (χ1v) is 5.52. The van der Waals surface area contributed by atoms with Gasteiger partial charge < -0.3 is 19.0 Å². The highest BCUT2D eigenvalue weighted by molar-refractivity contribution is 5.95. The second kappa shape index (κ2) is 6.64. The summed E-state index contributed by atoms with van der Waals surface area (Å²) in [6.45, 7) is 1.90. The molecule has 0 spiro atoms. The van der Waals surface area contributed by atoms with Gasteiger partial charge >= 0.3 is 5.97 Å². The Hall–Kier alpha value is -2.04. The zero-order chi connectivity index (χ0) is 13.5. The minimum atomic E-state index is -1.00. The first kappa shape index (κ1) is 14.0. The van der Waals surface area contributed by atoms with Crippen molar-refractivity contribution < 1.29 is 23.8 Å². The number of benzene rings is 1. The molecule has 0 aliphatic carbocycles. The number of rotatable bonds is 6. The van der Waals surface area contributed by atoms with Crippen LogP contribution in [-0.4, -0.2) is 33.1 Å². The van der Waals surface area contributed by atoms with Crippen molar-refractivity contribution in [3.63, 3.8) is 0 Å². The van der Waals surface area contributed by atoms with Gasteiger partial charge in [0.05, 0.1) is 20.8 Å². The molecule has 1 unspecified atom stereocenters. The number of para-hydroxylation sites is 1. The molecule has 5 nitrogen and oxygen atoms in total. The van der Waals surface area contributed by atoms with Crippen molar-refractivity contribution in [2.24, 2.45) is 0 Å². The van der Waals surface area contributed by atoms with Gasteiger partial charge in [-0.3, -0.25) is 4.79 Å². The molecular weight excluding hydrogens is 236 g/mol. The fourth-order valence-electron chi connectivity index (χ4n) is 1.64. The van der Waals surface area contributed by atoms with Crippen LogP contribution >= 0.6 is 0 Å². The van der Waals surface area contributed by atoms with Crippen molar-refractivity contribution in [3.8, 4) is 11.5 Å². The van der Waals surface area contributed by atoms with Crippen LogP contribution < -0.4 is 9.47 Å². The lowest BCUT2D eigenvalue weighted by Crippen LogP contribution is -2.18. The Bertz CT molecular complexity index is 427. The molecule has 1 aromatic rings. The Balaban J connectivity index is 3.20. The van der Waals surface area contributed by atoms with Crippen molar-refractivity contribution in [2.45, 2.75) is 12.8 Å². The third-order valence-corrected chi connectivity index (χ3v) is 2.45. The van der Waals surface area contributed by atoms with Crippen LogP contribution in [0.4, 0.5) is 0 Å². The van der Waals surface area contributed by atoms with E-state index >= 15 is 0 Å².